The van der Waals surface area contributed by atoms with Gasteiger partial charge in [0.15, 0.2) is 0 Å². The van der Waals surface area contributed by atoms with Crippen LogP contribution < -0.4 is 0 Å². The summed E-state index contributed by atoms with van der Waals surface area (Å²) in [5.41, 5.74) is 6.60. The number of halogens is 2. The first-order chi connectivity index (χ1) is 13.6. The normalized spacial score (nSPS) is 11.0. The van der Waals surface area contributed by atoms with E-state index in [1.807, 2.05) is 0 Å². The van der Waals surface area contributed by atoms with E-state index >= 15 is 0 Å². The molecule has 2 heteroatoms. The third-order valence-corrected chi connectivity index (χ3v) is 5.18. The Bertz CT molecular complexity index is 956. The highest BCUT2D eigenvalue weighted by Crippen LogP contribution is 2.29. The van der Waals surface area contributed by atoms with Gasteiger partial charge in [0.05, 0.1) is 0 Å². The van der Waals surface area contributed by atoms with Gasteiger partial charge in [-0.3, -0.25) is 0 Å². The van der Waals surface area contributed by atoms with Gasteiger partial charge in [0, 0.05) is 5.92 Å². The molecule has 0 aliphatic rings. The minimum absolute atomic E-state index is 0.224. The van der Waals surface area contributed by atoms with Crippen molar-refractivity contribution in [3.05, 3.63) is 120 Å². The Kier molecular flexibility index (Phi) is 5.03. The van der Waals surface area contributed by atoms with Crippen LogP contribution in [0.2, 0.25) is 0 Å². The Morgan fingerprint density at radius 3 is 0.964 bits per heavy atom. The van der Waals surface area contributed by atoms with Crippen LogP contribution in [0.1, 0.15) is 24.0 Å². The summed E-state index contributed by atoms with van der Waals surface area (Å²) in [6.07, 6.45) is 0. The van der Waals surface area contributed by atoms with Crippen LogP contribution in [-0.4, -0.2) is 0 Å². The summed E-state index contributed by atoms with van der Waals surface area (Å²) in [5.74, 6) is -0.194. The third-order valence-electron chi connectivity index (χ3n) is 5.18. The molecule has 138 valence electrons. The fraction of sp³-hybridized carbons (Fsp3) is 0.0769. The van der Waals surface area contributed by atoms with Gasteiger partial charge >= 0.3 is 0 Å². The van der Waals surface area contributed by atoms with Crippen LogP contribution in [-0.2, 0) is 0 Å². The lowest BCUT2D eigenvalue weighted by Crippen LogP contribution is -1.96. The van der Waals surface area contributed by atoms with Crippen molar-refractivity contribution >= 4 is 0 Å². The summed E-state index contributed by atoms with van der Waals surface area (Å²) in [7, 11) is 0. The molecule has 0 heterocycles. The van der Waals surface area contributed by atoms with Crippen LogP contribution in [0.5, 0.6) is 0 Å². The van der Waals surface area contributed by atoms with Crippen molar-refractivity contribution in [2.24, 2.45) is 0 Å². The highest BCUT2D eigenvalue weighted by molar-refractivity contribution is 5.65. The Morgan fingerprint density at radius 1 is 0.429 bits per heavy atom. The maximum Gasteiger partial charge on any atom is 0.123 e. The lowest BCUT2D eigenvalue weighted by atomic mass is 9.90. The zero-order valence-electron chi connectivity index (χ0n) is 15.6. The van der Waals surface area contributed by atoms with Crippen LogP contribution in [0.4, 0.5) is 8.78 Å². The van der Waals surface area contributed by atoms with E-state index in [1.165, 1.54) is 35.4 Å². The minimum atomic E-state index is -0.224. The average Bonchev–Trinajstić information content (AvgIpc) is 2.75. The predicted octanol–water partition coefficient (Wildman–Crippen LogP) is 7.45. The van der Waals surface area contributed by atoms with Crippen LogP contribution in [0.25, 0.3) is 22.3 Å². The average molecular weight is 370 g/mol. The highest BCUT2D eigenvalue weighted by Gasteiger charge is 2.09. The van der Waals surface area contributed by atoms with Crippen LogP contribution in [0.3, 0.4) is 0 Å². The monoisotopic (exact) mass is 370 g/mol. The van der Waals surface area contributed by atoms with Gasteiger partial charge in [-0.1, -0.05) is 79.7 Å². The fourth-order valence-corrected chi connectivity index (χ4v) is 3.41. The van der Waals surface area contributed by atoms with E-state index in [0.717, 1.165) is 22.3 Å². The molecule has 0 nitrogen and oxygen atoms in total. The molecule has 0 saturated heterocycles. The summed E-state index contributed by atoms with van der Waals surface area (Å²) < 4.78 is 26.2. The van der Waals surface area contributed by atoms with E-state index in [9.17, 15) is 8.78 Å². The summed E-state index contributed by atoms with van der Waals surface area (Å²) in [4.78, 5) is 0. The van der Waals surface area contributed by atoms with E-state index < -0.39 is 0 Å². The van der Waals surface area contributed by atoms with Gasteiger partial charge in [0.2, 0.25) is 0 Å². The Labute approximate surface area is 164 Å². The SMILES string of the molecule is CC(c1ccc(-c2ccc(F)cc2)cc1)c1ccc(-c2ccc(F)cc2)cc1. The summed E-state index contributed by atoms with van der Waals surface area (Å²) in [5, 5.41) is 0. The molecule has 0 radical (unpaired) electrons. The molecule has 0 saturated carbocycles. The molecule has 4 aromatic carbocycles. The third kappa shape index (κ3) is 3.86. The van der Waals surface area contributed by atoms with E-state index in [-0.39, 0.29) is 17.6 Å². The van der Waals surface area contributed by atoms with Crippen molar-refractivity contribution in [1.82, 2.24) is 0 Å². The molecule has 0 aromatic heterocycles. The largest absolute Gasteiger partial charge is 0.207 e. The molecule has 4 rings (SSSR count). The Morgan fingerprint density at radius 2 is 0.679 bits per heavy atom. The van der Waals surface area contributed by atoms with E-state index in [2.05, 4.69) is 55.5 Å². The molecule has 0 N–H and O–H groups in total. The van der Waals surface area contributed by atoms with Crippen molar-refractivity contribution in [2.45, 2.75) is 12.8 Å². The first-order valence-corrected chi connectivity index (χ1v) is 9.32. The number of rotatable bonds is 4. The molecule has 0 spiro atoms. The lowest BCUT2D eigenvalue weighted by molar-refractivity contribution is 0.627. The van der Waals surface area contributed by atoms with Crippen molar-refractivity contribution in [3.8, 4) is 22.3 Å². The van der Waals surface area contributed by atoms with Gasteiger partial charge < -0.3 is 0 Å². The molecule has 0 fully saturated rings. The standard InChI is InChI=1S/C26H20F2/c1-18(19-2-6-21(7-3-19)23-10-14-25(27)15-11-23)20-4-8-22(9-5-20)24-12-16-26(28)17-13-24/h2-18H,1H3. The zero-order valence-corrected chi connectivity index (χ0v) is 15.6. The summed E-state index contributed by atoms with van der Waals surface area (Å²) in [6, 6.07) is 29.9. The maximum atomic E-state index is 13.1. The molecule has 0 aliphatic carbocycles. The molecule has 4 aromatic rings. The van der Waals surface area contributed by atoms with Gasteiger partial charge in [0.1, 0.15) is 11.6 Å². The second-order valence-electron chi connectivity index (χ2n) is 6.98. The van der Waals surface area contributed by atoms with Gasteiger partial charge in [-0.2, -0.15) is 0 Å². The minimum Gasteiger partial charge on any atom is -0.207 e. The molecular formula is C26H20F2. The quantitative estimate of drug-likeness (QED) is 0.350. The molecular weight excluding hydrogens is 350 g/mol. The van der Waals surface area contributed by atoms with Gasteiger partial charge in [-0.05, 0) is 57.6 Å². The van der Waals surface area contributed by atoms with E-state index in [0.29, 0.717) is 0 Å². The van der Waals surface area contributed by atoms with Crippen molar-refractivity contribution < 1.29 is 8.78 Å². The van der Waals surface area contributed by atoms with Crippen molar-refractivity contribution in [1.29, 1.82) is 0 Å². The smallest absolute Gasteiger partial charge is 0.123 e. The number of benzene rings is 4. The molecule has 0 atom stereocenters. The van der Waals surface area contributed by atoms with Crippen LogP contribution in [0.15, 0.2) is 97.1 Å². The second-order valence-corrected chi connectivity index (χ2v) is 6.98. The first-order valence-electron chi connectivity index (χ1n) is 9.32. The van der Waals surface area contributed by atoms with Gasteiger partial charge in [-0.15, -0.1) is 0 Å². The molecule has 0 aliphatic heterocycles. The zero-order chi connectivity index (χ0) is 19.5. The Balaban J connectivity index is 1.53. The number of hydrogen-bond acceptors (Lipinski definition) is 0. The first kappa shape index (κ1) is 18.1. The van der Waals surface area contributed by atoms with Gasteiger partial charge in [0.25, 0.3) is 0 Å². The van der Waals surface area contributed by atoms with E-state index in [4.69, 9.17) is 0 Å². The Hall–Kier alpha value is -3.26. The van der Waals surface area contributed by atoms with Crippen LogP contribution in [0, 0.1) is 11.6 Å². The lowest BCUT2D eigenvalue weighted by Gasteiger charge is -2.14. The fourth-order valence-electron chi connectivity index (χ4n) is 3.41. The van der Waals surface area contributed by atoms with Crippen molar-refractivity contribution in [2.75, 3.05) is 0 Å². The van der Waals surface area contributed by atoms with E-state index in [1.54, 1.807) is 24.3 Å². The van der Waals surface area contributed by atoms with Crippen molar-refractivity contribution in [3.63, 3.8) is 0 Å². The van der Waals surface area contributed by atoms with Gasteiger partial charge in [-0.25, -0.2) is 8.78 Å². The maximum absolute atomic E-state index is 13.1. The molecule has 28 heavy (non-hydrogen) atoms. The summed E-state index contributed by atoms with van der Waals surface area (Å²) >= 11 is 0. The number of hydrogen-bond donors (Lipinski definition) is 0. The summed E-state index contributed by atoms with van der Waals surface area (Å²) in [6.45, 7) is 2.18. The predicted molar refractivity (Wildman–Crippen MR) is 111 cm³/mol. The molecule has 0 unspecified atom stereocenters. The second kappa shape index (κ2) is 7.77. The topological polar surface area (TPSA) is 0 Å². The molecule has 0 amide bonds. The highest BCUT2D eigenvalue weighted by atomic mass is 19.1. The van der Waals surface area contributed by atoms with Crippen LogP contribution >= 0.6 is 0 Å². The molecule has 0 bridgehead atoms.